The van der Waals surface area contributed by atoms with Gasteiger partial charge in [-0.05, 0) is 36.4 Å². The second-order valence-corrected chi connectivity index (χ2v) is 7.74. The zero-order chi connectivity index (χ0) is 24.2. The molecule has 180 valence electrons. The highest BCUT2D eigenvalue weighted by atomic mass is 16.7. The highest BCUT2D eigenvalue weighted by Gasteiger charge is 2.36. The van der Waals surface area contributed by atoms with Gasteiger partial charge in [0.15, 0.2) is 17.5 Å². The SMILES string of the molecule is COCCNC(=O)C(c1ccco1)N(C(=O)Cn1nnc2ccccc21)c1ccc2c(c1)OCO2. The molecular formula is C24H23N5O6. The van der Waals surface area contributed by atoms with E-state index in [1.165, 1.54) is 15.8 Å². The van der Waals surface area contributed by atoms with E-state index in [-0.39, 0.29) is 19.9 Å². The normalized spacial score (nSPS) is 13.1. The number of hydrogen-bond donors (Lipinski definition) is 1. The molecule has 1 aliphatic rings. The summed E-state index contributed by atoms with van der Waals surface area (Å²) in [5.41, 5.74) is 1.80. The van der Waals surface area contributed by atoms with Crippen molar-refractivity contribution in [2.45, 2.75) is 12.6 Å². The number of nitrogens with one attached hydrogen (secondary N) is 1. The standard InChI is InChI=1S/C24H23N5O6/c1-32-12-10-25-24(31)23(20-7-4-11-33-20)29(16-8-9-19-21(13-16)35-15-34-19)22(30)14-28-18-6-3-2-5-17(18)26-27-28/h2-9,11,13,23H,10,12,14-15H2,1H3,(H,25,31). The molecule has 1 N–H and O–H groups in total. The Morgan fingerprint density at radius 2 is 2.00 bits per heavy atom. The summed E-state index contributed by atoms with van der Waals surface area (Å²) in [4.78, 5) is 28.6. The van der Waals surface area contributed by atoms with Gasteiger partial charge in [0, 0.05) is 25.4 Å². The molecule has 1 unspecified atom stereocenters. The molecule has 3 heterocycles. The average Bonchev–Trinajstić information content (AvgIpc) is 3.63. The molecule has 1 aliphatic heterocycles. The van der Waals surface area contributed by atoms with Gasteiger partial charge in [0.05, 0.1) is 18.4 Å². The van der Waals surface area contributed by atoms with Crippen LogP contribution in [0.1, 0.15) is 11.8 Å². The number of benzene rings is 2. The van der Waals surface area contributed by atoms with E-state index in [1.807, 2.05) is 24.3 Å². The predicted octanol–water partition coefficient (Wildman–Crippen LogP) is 2.29. The van der Waals surface area contributed by atoms with Crippen molar-refractivity contribution < 1.29 is 28.2 Å². The summed E-state index contributed by atoms with van der Waals surface area (Å²) in [5.74, 6) is 0.510. The van der Waals surface area contributed by atoms with Crippen molar-refractivity contribution in [1.29, 1.82) is 0 Å². The average molecular weight is 477 g/mol. The van der Waals surface area contributed by atoms with E-state index in [0.717, 1.165) is 0 Å². The van der Waals surface area contributed by atoms with Crippen molar-refractivity contribution in [3.05, 3.63) is 66.6 Å². The summed E-state index contributed by atoms with van der Waals surface area (Å²) in [6.45, 7) is 0.511. The molecular weight excluding hydrogens is 454 g/mol. The molecule has 35 heavy (non-hydrogen) atoms. The Hall–Kier alpha value is -4.38. The Morgan fingerprint density at radius 3 is 2.83 bits per heavy atom. The van der Waals surface area contributed by atoms with E-state index < -0.39 is 17.9 Å². The van der Waals surface area contributed by atoms with Crippen molar-refractivity contribution >= 4 is 28.5 Å². The first-order valence-electron chi connectivity index (χ1n) is 11.0. The molecule has 1 atom stereocenters. The van der Waals surface area contributed by atoms with Crippen LogP contribution in [0.25, 0.3) is 11.0 Å². The number of methoxy groups -OCH3 is 1. The topological polar surface area (TPSA) is 121 Å². The van der Waals surface area contributed by atoms with Gasteiger partial charge in [-0.25, -0.2) is 4.68 Å². The number of carbonyl (C=O) groups is 2. The number of amides is 2. The number of furan rings is 1. The van der Waals surface area contributed by atoms with E-state index in [1.54, 1.807) is 37.4 Å². The molecule has 11 heteroatoms. The Bertz CT molecular complexity index is 1340. The summed E-state index contributed by atoms with van der Waals surface area (Å²) in [6, 6.07) is 14.6. The lowest BCUT2D eigenvalue weighted by molar-refractivity contribution is -0.127. The molecule has 4 aromatic rings. The van der Waals surface area contributed by atoms with Crippen molar-refractivity contribution in [3.63, 3.8) is 0 Å². The molecule has 11 nitrogen and oxygen atoms in total. The van der Waals surface area contributed by atoms with Crippen molar-refractivity contribution in [3.8, 4) is 11.5 Å². The second kappa shape index (κ2) is 9.85. The predicted molar refractivity (Wildman–Crippen MR) is 124 cm³/mol. The van der Waals surface area contributed by atoms with Crippen molar-refractivity contribution in [1.82, 2.24) is 20.3 Å². The number of hydrogen-bond acceptors (Lipinski definition) is 8. The van der Waals surface area contributed by atoms with Crippen LogP contribution in [0.15, 0.2) is 65.3 Å². The van der Waals surface area contributed by atoms with Crippen LogP contribution in [-0.4, -0.2) is 53.9 Å². The summed E-state index contributed by atoms with van der Waals surface area (Å²) < 4.78 is 23.1. The van der Waals surface area contributed by atoms with Crippen LogP contribution in [0.4, 0.5) is 5.69 Å². The lowest BCUT2D eigenvalue weighted by Crippen LogP contribution is -2.45. The number of carbonyl (C=O) groups excluding carboxylic acids is 2. The number of para-hydroxylation sites is 1. The fraction of sp³-hybridized carbons (Fsp3) is 0.250. The number of anilines is 1. The Labute approximate surface area is 200 Å². The molecule has 0 bridgehead atoms. The highest BCUT2D eigenvalue weighted by Crippen LogP contribution is 2.38. The first-order valence-corrected chi connectivity index (χ1v) is 11.0. The van der Waals surface area contributed by atoms with Gasteiger partial charge in [0.25, 0.3) is 5.91 Å². The summed E-state index contributed by atoms with van der Waals surface area (Å²) in [5, 5.41) is 11.1. The monoisotopic (exact) mass is 477 g/mol. The van der Waals surface area contributed by atoms with Crippen LogP contribution >= 0.6 is 0 Å². The first-order chi connectivity index (χ1) is 17.2. The Morgan fingerprint density at radius 1 is 1.14 bits per heavy atom. The van der Waals surface area contributed by atoms with Crippen LogP contribution < -0.4 is 19.7 Å². The van der Waals surface area contributed by atoms with Crippen molar-refractivity contribution in [2.24, 2.45) is 0 Å². The number of nitrogens with zero attached hydrogens (tertiary/aromatic N) is 4. The molecule has 2 aromatic heterocycles. The fourth-order valence-electron chi connectivity index (χ4n) is 3.90. The van der Waals surface area contributed by atoms with Gasteiger partial charge in [-0.3, -0.25) is 14.5 Å². The van der Waals surface area contributed by atoms with Gasteiger partial charge in [0.1, 0.15) is 17.8 Å². The van der Waals surface area contributed by atoms with Gasteiger partial charge < -0.3 is 23.9 Å². The quantitative estimate of drug-likeness (QED) is 0.365. The molecule has 0 aliphatic carbocycles. The number of rotatable bonds is 9. The van der Waals surface area contributed by atoms with E-state index in [4.69, 9.17) is 18.6 Å². The number of aromatic nitrogens is 3. The fourth-order valence-corrected chi connectivity index (χ4v) is 3.90. The zero-order valence-corrected chi connectivity index (χ0v) is 18.9. The van der Waals surface area contributed by atoms with Crippen LogP contribution in [-0.2, 0) is 20.9 Å². The third-order valence-electron chi connectivity index (χ3n) is 5.53. The van der Waals surface area contributed by atoms with Gasteiger partial charge in [0.2, 0.25) is 12.7 Å². The summed E-state index contributed by atoms with van der Waals surface area (Å²) in [7, 11) is 1.54. The van der Waals surface area contributed by atoms with Gasteiger partial charge in [-0.1, -0.05) is 17.3 Å². The van der Waals surface area contributed by atoms with E-state index in [2.05, 4.69) is 15.6 Å². The van der Waals surface area contributed by atoms with Crippen LogP contribution in [0.2, 0.25) is 0 Å². The minimum Gasteiger partial charge on any atom is -0.467 e. The summed E-state index contributed by atoms with van der Waals surface area (Å²) in [6.07, 6.45) is 1.46. The van der Waals surface area contributed by atoms with Gasteiger partial charge >= 0.3 is 0 Å². The number of ether oxygens (including phenoxy) is 3. The van der Waals surface area contributed by atoms with Crippen molar-refractivity contribution in [2.75, 3.05) is 32.0 Å². The molecule has 0 fully saturated rings. The van der Waals surface area contributed by atoms with Gasteiger partial charge in [-0.15, -0.1) is 5.10 Å². The smallest absolute Gasteiger partial charge is 0.251 e. The highest BCUT2D eigenvalue weighted by molar-refractivity contribution is 6.01. The van der Waals surface area contributed by atoms with E-state index in [9.17, 15) is 9.59 Å². The third kappa shape index (κ3) is 4.53. The van der Waals surface area contributed by atoms with Crippen LogP contribution in [0, 0.1) is 0 Å². The Kier molecular flexibility index (Phi) is 6.31. The van der Waals surface area contributed by atoms with Gasteiger partial charge in [-0.2, -0.15) is 0 Å². The maximum Gasteiger partial charge on any atom is 0.251 e. The minimum atomic E-state index is -1.09. The maximum atomic E-state index is 13.8. The largest absolute Gasteiger partial charge is 0.467 e. The second-order valence-electron chi connectivity index (χ2n) is 7.74. The molecule has 0 spiro atoms. The summed E-state index contributed by atoms with van der Waals surface area (Å²) >= 11 is 0. The zero-order valence-electron chi connectivity index (χ0n) is 18.9. The van der Waals surface area contributed by atoms with E-state index >= 15 is 0 Å². The molecule has 0 saturated heterocycles. The molecule has 2 aromatic carbocycles. The lowest BCUT2D eigenvalue weighted by Gasteiger charge is -2.30. The molecule has 0 saturated carbocycles. The Balaban J connectivity index is 1.55. The maximum absolute atomic E-state index is 13.8. The molecule has 0 radical (unpaired) electrons. The van der Waals surface area contributed by atoms with E-state index in [0.29, 0.717) is 40.6 Å². The molecule has 2 amide bonds. The number of fused-ring (bicyclic) bond motifs is 2. The van der Waals surface area contributed by atoms with Crippen LogP contribution in [0.5, 0.6) is 11.5 Å². The lowest BCUT2D eigenvalue weighted by atomic mass is 10.1. The first kappa shape index (κ1) is 22.4. The minimum absolute atomic E-state index is 0.0802. The van der Waals surface area contributed by atoms with Crippen LogP contribution in [0.3, 0.4) is 0 Å². The molecule has 5 rings (SSSR count). The third-order valence-corrected chi connectivity index (χ3v) is 5.53.